The zero-order valence-corrected chi connectivity index (χ0v) is 16.4. The van der Waals surface area contributed by atoms with Gasteiger partial charge in [0.15, 0.2) is 5.60 Å². The van der Waals surface area contributed by atoms with Gasteiger partial charge in [0.2, 0.25) is 5.79 Å². The standard InChI is InChI=1S/C21H20Cl2O4/c1-19-13-20(14-4-8-16(22)9-5-14,15-6-10-17(23)11-7-15)26-27-21(19,25)12-2-3-18(19)24/h4-11,25H,2-3,12-13H2,1H3. The van der Waals surface area contributed by atoms with E-state index in [9.17, 15) is 9.90 Å². The van der Waals surface area contributed by atoms with E-state index in [4.69, 9.17) is 33.0 Å². The molecule has 1 N–H and O–H groups in total. The summed E-state index contributed by atoms with van der Waals surface area (Å²) >= 11 is 12.1. The van der Waals surface area contributed by atoms with Crippen LogP contribution in [-0.4, -0.2) is 16.7 Å². The van der Waals surface area contributed by atoms with Crippen molar-refractivity contribution in [1.82, 2.24) is 0 Å². The van der Waals surface area contributed by atoms with Gasteiger partial charge < -0.3 is 5.11 Å². The summed E-state index contributed by atoms with van der Waals surface area (Å²) in [6, 6.07) is 14.5. The Hall–Kier alpha value is -1.43. The lowest BCUT2D eigenvalue weighted by atomic mass is 9.61. The molecule has 2 aliphatic rings. The van der Waals surface area contributed by atoms with Gasteiger partial charge in [0, 0.05) is 29.3 Å². The van der Waals surface area contributed by atoms with E-state index in [1.54, 1.807) is 31.2 Å². The molecule has 4 nitrogen and oxygen atoms in total. The molecule has 142 valence electrons. The van der Waals surface area contributed by atoms with Crippen molar-refractivity contribution < 1.29 is 19.7 Å². The fourth-order valence-electron chi connectivity index (χ4n) is 4.20. The molecule has 2 aromatic rings. The number of carbonyl (C=O) groups is 1. The number of halogens is 2. The van der Waals surface area contributed by atoms with Gasteiger partial charge in [-0.05, 0) is 48.7 Å². The number of carbonyl (C=O) groups excluding carboxylic acids is 1. The van der Waals surface area contributed by atoms with Crippen LogP contribution in [0.25, 0.3) is 0 Å². The van der Waals surface area contributed by atoms with Gasteiger partial charge in [-0.2, -0.15) is 4.89 Å². The van der Waals surface area contributed by atoms with E-state index in [1.165, 1.54) is 0 Å². The topological polar surface area (TPSA) is 55.8 Å². The zero-order valence-electron chi connectivity index (χ0n) is 14.9. The second-order valence-electron chi connectivity index (χ2n) is 7.58. The van der Waals surface area contributed by atoms with E-state index in [2.05, 4.69) is 0 Å². The fraction of sp³-hybridized carbons (Fsp3) is 0.381. The van der Waals surface area contributed by atoms with Crippen molar-refractivity contribution in [3.05, 3.63) is 69.7 Å². The molecule has 1 heterocycles. The molecular formula is C21H20Cl2O4. The Morgan fingerprint density at radius 3 is 1.96 bits per heavy atom. The molecule has 1 saturated heterocycles. The maximum atomic E-state index is 12.9. The van der Waals surface area contributed by atoms with E-state index < -0.39 is 16.8 Å². The van der Waals surface area contributed by atoms with Crippen LogP contribution in [0.1, 0.15) is 43.7 Å². The average Bonchev–Trinajstić information content (AvgIpc) is 2.65. The van der Waals surface area contributed by atoms with E-state index >= 15 is 0 Å². The number of fused-ring (bicyclic) bond motifs is 1. The maximum Gasteiger partial charge on any atom is 0.211 e. The van der Waals surface area contributed by atoms with Crippen molar-refractivity contribution in [2.24, 2.45) is 5.41 Å². The van der Waals surface area contributed by atoms with Crippen molar-refractivity contribution in [3.8, 4) is 0 Å². The number of hydrogen-bond acceptors (Lipinski definition) is 4. The SMILES string of the molecule is CC12CC(c3ccc(Cl)cc3)(c3ccc(Cl)cc3)OOC1(O)CCCC2=O. The molecule has 27 heavy (non-hydrogen) atoms. The lowest BCUT2D eigenvalue weighted by molar-refractivity contribution is -0.510. The first kappa shape index (κ1) is 18.9. The molecule has 4 rings (SSSR count). The fourth-order valence-corrected chi connectivity index (χ4v) is 4.45. The molecule has 6 heteroatoms. The monoisotopic (exact) mass is 406 g/mol. The molecule has 0 spiro atoms. The molecule has 2 unspecified atom stereocenters. The minimum atomic E-state index is -1.63. The van der Waals surface area contributed by atoms with Gasteiger partial charge in [-0.25, -0.2) is 4.89 Å². The lowest BCUT2D eigenvalue weighted by Gasteiger charge is -2.54. The summed E-state index contributed by atoms with van der Waals surface area (Å²) in [5.74, 6) is -1.66. The van der Waals surface area contributed by atoms with Gasteiger partial charge in [-0.1, -0.05) is 47.5 Å². The molecule has 2 aromatic carbocycles. The van der Waals surface area contributed by atoms with Crippen LogP contribution in [0.4, 0.5) is 0 Å². The summed E-state index contributed by atoms with van der Waals surface area (Å²) in [6.07, 6.45) is 1.59. The Bertz CT molecular complexity index is 819. The van der Waals surface area contributed by atoms with Crippen LogP contribution >= 0.6 is 23.2 Å². The Morgan fingerprint density at radius 1 is 0.926 bits per heavy atom. The first-order chi connectivity index (χ1) is 12.8. The number of hydrogen-bond donors (Lipinski definition) is 1. The second kappa shape index (κ2) is 6.57. The molecule has 0 aromatic heterocycles. The van der Waals surface area contributed by atoms with E-state index in [1.807, 2.05) is 24.3 Å². The first-order valence-corrected chi connectivity index (χ1v) is 9.69. The number of Topliss-reactive ketones (excluding diaryl/α,β-unsaturated/α-hetero) is 1. The second-order valence-corrected chi connectivity index (χ2v) is 8.45. The molecule has 0 amide bonds. The Balaban J connectivity index is 1.88. The van der Waals surface area contributed by atoms with Gasteiger partial charge in [0.05, 0.1) is 5.41 Å². The highest BCUT2D eigenvalue weighted by Crippen LogP contribution is 2.57. The van der Waals surface area contributed by atoms with E-state index in [-0.39, 0.29) is 12.2 Å². The highest BCUT2D eigenvalue weighted by Gasteiger charge is 2.64. The number of rotatable bonds is 2. The highest BCUT2D eigenvalue weighted by molar-refractivity contribution is 6.30. The Kier molecular flexibility index (Phi) is 4.60. The minimum absolute atomic E-state index is 0.0214. The summed E-state index contributed by atoms with van der Waals surface area (Å²) in [4.78, 5) is 24.4. The minimum Gasteiger partial charge on any atom is -0.363 e. The molecule has 1 saturated carbocycles. The normalized spacial score (nSPS) is 30.0. The third-order valence-electron chi connectivity index (χ3n) is 5.94. The zero-order chi connectivity index (χ0) is 19.3. The van der Waals surface area contributed by atoms with Crippen LogP contribution in [0, 0.1) is 5.41 Å². The van der Waals surface area contributed by atoms with Crippen molar-refractivity contribution in [1.29, 1.82) is 0 Å². The molecule has 1 aliphatic carbocycles. The predicted molar refractivity (Wildman–Crippen MR) is 102 cm³/mol. The van der Waals surface area contributed by atoms with E-state index in [0.717, 1.165) is 11.1 Å². The van der Waals surface area contributed by atoms with Crippen LogP contribution in [0.3, 0.4) is 0 Å². The predicted octanol–water partition coefficient (Wildman–Crippen LogP) is 5.04. The lowest BCUT2D eigenvalue weighted by Crippen LogP contribution is -2.63. The van der Waals surface area contributed by atoms with Crippen molar-refractivity contribution in [3.63, 3.8) is 0 Å². The van der Waals surface area contributed by atoms with Crippen molar-refractivity contribution in [2.45, 2.75) is 44.0 Å². The molecular weight excluding hydrogens is 387 g/mol. The van der Waals surface area contributed by atoms with Gasteiger partial charge in [-0.3, -0.25) is 4.79 Å². The average molecular weight is 407 g/mol. The number of aliphatic hydroxyl groups is 1. The van der Waals surface area contributed by atoms with Gasteiger partial charge in [0.1, 0.15) is 5.78 Å². The smallest absolute Gasteiger partial charge is 0.211 e. The maximum absolute atomic E-state index is 12.9. The summed E-state index contributed by atoms with van der Waals surface area (Å²) in [6.45, 7) is 1.76. The highest BCUT2D eigenvalue weighted by atomic mass is 35.5. The number of benzene rings is 2. The summed E-state index contributed by atoms with van der Waals surface area (Å²) in [5.41, 5.74) is -0.585. The number of ketones is 1. The summed E-state index contributed by atoms with van der Waals surface area (Å²) in [7, 11) is 0. The van der Waals surface area contributed by atoms with Crippen LogP contribution in [0.5, 0.6) is 0 Å². The van der Waals surface area contributed by atoms with Crippen LogP contribution < -0.4 is 0 Å². The van der Waals surface area contributed by atoms with E-state index in [0.29, 0.717) is 29.3 Å². The molecule has 2 atom stereocenters. The largest absolute Gasteiger partial charge is 0.363 e. The third kappa shape index (κ3) is 2.91. The Labute approximate surface area is 167 Å². The van der Waals surface area contributed by atoms with Crippen molar-refractivity contribution in [2.75, 3.05) is 0 Å². The molecule has 0 bridgehead atoms. The van der Waals surface area contributed by atoms with Gasteiger partial charge in [0.25, 0.3) is 0 Å². The van der Waals surface area contributed by atoms with Crippen molar-refractivity contribution >= 4 is 29.0 Å². The van der Waals surface area contributed by atoms with Crippen LogP contribution in [0.2, 0.25) is 10.0 Å². The van der Waals surface area contributed by atoms with Gasteiger partial charge in [-0.15, -0.1) is 0 Å². The molecule has 0 radical (unpaired) electrons. The quantitative estimate of drug-likeness (QED) is 0.709. The Morgan fingerprint density at radius 2 is 1.44 bits per heavy atom. The summed E-state index contributed by atoms with van der Waals surface area (Å²) in [5, 5.41) is 12.2. The van der Waals surface area contributed by atoms with Crippen LogP contribution in [-0.2, 0) is 20.2 Å². The van der Waals surface area contributed by atoms with Crippen LogP contribution in [0.15, 0.2) is 48.5 Å². The molecule has 1 aliphatic heterocycles. The first-order valence-electron chi connectivity index (χ1n) is 8.94. The van der Waals surface area contributed by atoms with Gasteiger partial charge >= 0.3 is 0 Å². The summed E-state index contributed by atoms with van der Waals surface area (Å²) < 4.78 is 0. The third-order valence-corrected chi connectivity index (χ3v) is 6.45. The molecule has 2 fully saturated rings.